The average molecular weight is 905 g/mol. The molecule has 0 fully saturated rings. The van der Waals surface area contributed by atoms with Crippen LogP contribution in [0.4, 0.5) is 34.1 Å². The van der Waals surface area contributed by atoms with Gasteiger partial charge < -0.3 is 9.80 Å². The highest BCUT2D eigenvalue weighted by molar-refractivity contribution is 7.26. The second-order valence-electron chi connectivity index (χ2n) is 17.3. The van der Waals surface area contributed by atoms with Crippen molar-refractivity contribution in [3.05, 3.63) is 243 Å². The average Bonchev–Trinajstić information content (AvgIpc) is 4.14. The highest BCUT2D eigenvalue weighted by Crippen LogP contribution is 2.47. The molecule has 14 rings (SSSR count). The van der Waals surface area contributed by atoms with Gasteiger partial charge in [-0.25, -0.2) is 0 Å². The van der Waals surface area contributed by atoms with Crippen molar-refractivity contribution in [1.82, 2.24) is 9.13 Å². The van der Waals surface area contributed by atoms with E-state index in [1.54, 1.807) is 0 Å². The van der Waals surface area contributed by atoms with Gasteiger partial charge in [0.05, 0.1) is 11.0 Å². The number of rotatable bonds is 8. The van der Waals surface area contributed by atoms with Crippen molar-refractivity contribution in [2.24, 2.45) is 0 Å². The molecule has 0 spiro atoms. The fourth-order valence-corrected chi connectivity index (χ4v) is 12.8. The summed E-state index contributed by atoms with van der Waals surface area (Å²) >= 11 is 3.71. The van der Waals surface area contributed by atoms with E-state index in [4.69, 9.17) is 0 Å². The number of hydrogen-bond acceptors (Lipinski definition) is 4. The largest absolute Gasteiger partial charge is 0.310 e. The number of thiophene rings is 2. The fraction of sp³-hybridized carbons (Fsp3) is 0. The zero-order valence-electron chi connectivity index (χ0n) is 36.7. The van der Waals surface area contributed by atoms with E-state index in [9.17, 15) is 0 Å². The van der Waals surface area contributed by atoms with Crippen molar-refractivity contribution in [1.29, 1.82) is 0 Å². The zero-order valence-corrected chi connectivity index (χ0v) is 38.3. The van der Waals surface area contributed by atoms with Crippen molar-refractivity contribution in [2.75, 3.05) is 9.80 Å². The predicted molar refractivity (Wildman–Crippen MR) is 293 cm³/mol. The molecule has 10 aromatic carbocycles. The first-order valence-corrected chi connectivity index (χ1v) is 24.6. The summed E-state index contributed by atoms with van der Waals surface area (Å²) in [4.78, 5) is 4.82. The minimum atomic E-state index is 1.09. The molecule has 4 heterocycles. The van der Waals surface area contributed by atoms with E-state index in [1.165, 1.54) is 56.5 Å². The van der Waals surface area contributed by atoms with Crippen molar-refractivity contribution in [2.45, 2.75) is 0 Å². The first-order valence-electron chi connectivity index (χ1n) is 23.0. The Kier molecular flexibility index (Phi) is 8.90. The number of anilines is 6. The summed E-state index contributed by atoms with van der Waals surface area (Å²) < 4.78 is 10.1. The predicted octanol–water partition coefficient (Wildman–Crippen LogP) is 18.4. The minimum Gasteiger partial charge on any atom is -0.310 e. The Morgan fingerprint density at radius 3 is 1.19 bits per heavy atom. The van der Waals surface area contributed by atoms with Gasteiger partial charge >= 0.3 is 0 Å². The Labute approximate surface area is 400 Å². The third-order valence-electron chi connectivity index (χ3n) is 13.4. The lowest BCUT2D eigenvalue weighted by molar-refractivity contribution is 1.07. The molecular formula is C62H40N4S2. The lowest BCUT2D eigenvalue weighted by atomic mass is 10.1. The van der Waals surface area contributed by atoms with E-state index in [-0.39, 0.29) is 0 Å². The van der Waals surface area contributed by atoms with Crippen LogP contribution in [0.25, 0.3) is 84.6 Å². The van der Waals surface area contributed by atoms with Crippen molar-refractivity contribution >= 4 is 130 Å². The van der Waals surface area contributed by atoms with E-state index >= 15 is 0 Å². The van der Waals surface area contributed by atoms with Gasteiger partial charge in [-0.2, -0.15) is 0 Å². The Morgan fingerprint density at radius 1 is 0.265 bits per heavy atom. The van der Waals surface area contributed by atoms with Crippen LogP contribution < -0.4 is 9.80 Å². The van der Waals surface area contributed by atoms with Crippen LogP contribution in [0.1, 0.15) is 0 Å². The summed E-state index contributed by atoms with van der Waals surface area (Å²) in [6.45, 7) is 0. The molecule has 0 amide bonds. The molecule has 0 aliphatic heterocycles. The molecule has 0 aliphatic rings. The van der Waals surface area contributed by atoms with Crippen molar-refractivity contribution in [3.8, 4) is 11.4 Å². The Morgan fingerprint density at radius 2 is 0.662 bits per heavy atom. The second kappa shape index (κ2) is 15.6. The Balaban J connectivity index is 1.03. The first kappa shape index (κ1) is 38.8. The molecule has 320 valence electrons. The molecule has 4 nitrogen and oxygen atoms in total. The van der Waals surface area contributed by atoms with Gasteiger partial charge in [-0.3, -0.25) is 9.13 Å². The smallest absolute Gasteiger partial charge is 0.131 e. The van der Waals surface area contributed by atoms with Crippen LogP contribution in [0.3, 0.4) is 0 Å². The zero-order chi connectivity index (χ0) is 44.7. The van der Waals surface area contributed by atoms with Crippen molar-refractivity contribution < 1.29 is 0 Å². The minimum absolute atomic E-state index is 1.09. The van der Waals surface area contributed by atoms with Gasteiger partial charge in [-0.05, 0) is 115 Å². The topological polar surface area (TPSA) is 16.3 Å². The van der Waals surface area contributed by atoms with Crippen LogP contribution in [-0.2, 0) is 0 Å². The molecule has 0 saturated carbocycles. The molecule has 68 heavy (non-hydrogen) atoms. The van der Waals surface area contributed by atoms with Gasteiger partial charge in [0.2, 0.25) is 0 Å². The summed E-state index contributed by atoms with van der Waals surface area (Å²) in [7, 11) is 0. The van der Waals surface area contributed by atoms with Gasteiger partial charge in [-0.1, -0.05) is 127 Å². The standard InChI is InChI=1S/C62H40N4S2/c1-5-17-41(18-6-1)63(47-29-33-51-49-25-13-15-27-57(49)67-59(51)39-47)45-32-36-55-54(37-45)61-53-35-31-46(38-56(53)66(44-23-11-4-12-24-44)62(61)65(55)43-21-9-3-10-22-43)64(42-19-7-2-8-20-42)48-30-34-52-50-26-14-16-28-58(50)68-60(52)40-48/h1-40H. The van der Waals surface area contributed by atoms with Crippen LogP contribution >= 0.6 is 22.7 Å². The third kappa shape index (κ3) is 6.12. The molecule has 0 aliphatic carbocycles. The molecule has 6 heteroatoms. The van der Waals surface area contributed by atoms with Gasteiger partial charge in [0.25, 0.3) is 0 Å². The molecule has 0 radical (unpaired) electrons. The van der Waals surface area contributed by atoms with E-state index in [1.807, 2.05) is 22.7 Å². The lowest BCUT2D eigenvalue weighted by Crippen LogP contribution is -2.10. The van der Waals surface area contributed by atoms with E-state index in [2.05, 4.69) is 262 Å². The summed E-state index contributed by atoms with van der Waals surface area (Å²) in [6, 6.07) is 88.7. The van der Waals surface area contributed by atoms with E-state index < -0.39 is 0 Å². The first-order chi connectivity index (χ1) is 33.7. The molecule has 0 bridgehead atoms. The Bertz CT molecular complexity index is 4210. The molecule has 14 aromatic rings. The van der Waals surface area contributed by atoms with Crippen LogP contribution in [0, 0.1) is 0 Å². The SMILES string of the molecule is c1ccc(N(c2ccc3c(c2)sc2ccccc23)c2ccc3c(c2)c2c4ccc(N(c5ccccc5)c5ccc6c(c5)sc5ccccc56)cc4n(-c4ccccc4)c2n3-c2ccccc2)cc1. The number of hydrogen-bond donors (Lipinski definition) is 0. The maximum atomic E-state index is 2.48. The number of benzene rings is 10. The monoisotopic (exact) mass is 904 g/mol. The number of para-hydroxylation sites is 4. The van der Waals surface area contributed by atoms with Crippen molar-refractivity contribution in [3.63, 3.8) is 0 Å². The second-order valence-corrected chi connectivity index (χ2v) is 19.5. The van der Waals surface area contributed by atoms with Gasteiger partial charge in [0, 0.05) is 102 Å². The highest BCUT2D eigenvalue weighted by Gasteiger charge is 2.26. The fourth-order valence-electron chi connectivity index (χ4n) is 10.5. The normalized spacial score (nSPS) is 11.8. The lowest BCUT2D eigenvalue weighted by Gasteiger charge is -2.26. The number of nitrogens with zero attached hydrogens (tertiary/aromatic N) is 4. The van der Waals surface area contributed by atoms with Crippen LogP contribution in [0.15, 0.2) is 243 Å². The molecule has 0 saturated heterocycles. The highest BCUT2D eigenvalue weighted by atomic mass is 32.1. The summed E-state index contributed by atoms with van der Waals surface area (Å²) in [5.41, 5.74) is 12.3. The van der Waals surface area contributed by atoms with Crippen LogP contribution in [0.5, 0.6) is 0 Å². The molecule has 0 N–H and O–H groups in total. The van der Waals surface area contributed by atoms with E-state index in [0.29, 0.717) is 0 Å². The third-order valence-corrected chi connectivity index (χ3v) is 15.7. The molecule has 4 aromatic heterocycles. The van der Waals surface area contributed by atoms with Gasteiger partial charge in [0.1, 0.15) is 5.65 Å². The van der Waals surface area contributed by atoms with E-state index in [0.717, 1.165) is 62.2 Å². The summed E-state index contributed by atoms with van der Waals surface area (Å²) in [6.07, 6.45) is 0. The molecule has 0 atom stereocenters. The maximum Gasteiger partial charge on any atom is 0.131 e. The van der Waals surface area contributed by atoms with Crippen LogP contribution in [-0.4, -0.2) is 9.13 Å². The summed E-state index contributed by atoms with van der Waals surface area (Å²) in [5, 5.41) is 8.78. The quantitative estimate of drug-likeness (QED) is 0.151. The number of fused-ring (bicyclic) bond motifs is 11. The Hall–Kier alpha value is -8.42. The molecule has 0 unspecified atom stereocenters. The molecular weight excluding hydrogens is 865 g/mol. The maximum absolute atomic E-state index is 2.48. The number of aromatic nitrogens is 2. The van der Waals surface area contributed by atoms with Gasteiger partial charge in [0.15, 0.2) is 0 Å². The van der Waals surface area contributed by atoms with Gasteiger partial charge in [-0.15, -0.1) is 22.7 Å². The summed E-state index contributed by atoms with van der Waals surface area (Å²) in [5.74, 6) is 0. The van der Waals surface area contributed by atoms with Crippen LogP contribution in [0.2, 0.25) is 0 Å².